The van der Waals surface area contributed by atoms with Crippen LogP contribution in [0.3, 0.4) is 0 Å². The van der Waals surface area contributed by atoms with Gasteiger partial charge in [-0.2, -0.15) is 0 Å². The highest BCUT2D eigenvalue weighted by molar-refractivity contribution is 5.64. The van der Waals surface area contributed by atoms with Crippen molar-refractivity contribution in [3.63, 3.8) is 0 Å². The Morgan fingerprint density at radius 1 is 1.38 bits per heavy atom. The quantitative estimate of drug-likeness (QED) is 0.842. The summed E-state index contributed by atoms with van der Waals surface area (Å²) in [5.74, 6) is 0.970. The molecule has 0 aliphatic heterocycles. The number of hydrogen-bond donors (Lipinski definition) is 2. The van der Waals surface area contributed by atoms with Crippen LogP contribution in [0.5, 0.6) is 5.88 Å². The highest BCUT2D eigenvalue weighted by Crippen LogP contribution is 2.31. The minimum absolute atomic E-state index is 0.202. The minimum Gasteiger partial charge on any atom is -0.476 e. The number of pyridine rings is 1. The Morgan fingerprint density at radius 3 is 2.48 bits per heavy atom. The Hall–Kier alpha value is -1.98. The van der Waals surface area contributed by atoms with Crippen LogP contribution in [0, 0.1) is 0 Å². The lowest BCUT2D eigenvalue weighted by molar-refractivity contribution is 0.146. The van der Waals surface area contributed by atoms with Gasteiger partial charge in [-0.25, -0.2) is 9.78 Å². The molecule has 6 heteroatoms. The van der Waals surface area contributed by atoms with Crippen molar-refractivity contribution in [2.24, 2.45) is 0 Å². The molecule has 118 valence electrons. The van der Waals surface area contributed by atoms with Crippen molar-refractivity contribution in [2.75, 3.05) is 25.9 Å². The average molecular weight is 295 g/mol. The van der Waals surface area contributed by atoms with Gasteiger partial charge in [-0.1, -0.05) is 27.7 Å². The molecule has 0 aliphatic rings. The second kappa shape index (κ2) is 7.15. The Kier molecular flexibility index (Phi) is 5.81. The van der Waals surface area contributed by atoms with Crippen LogP contribution in [0.4, 0.5) is 10.5 Å². The summed E-state index contributed by atoms with van der Waals surface area (Å²) in [6.07, 6.45) is -0.977. The molecule has 21 heavy (non-hydrogen) atoms. The summed E-state index contributed by atoms with van der Waals surface area (Å²) in [5.41, 5.74) is 8.72. The monoisotopic (exact) mass is 295 g/mol. The van der Waals surface area contributed by atoms with Crippen molar-refractivity contribution in [1.82, 2.24) is 9.88 Å². The number of likely N-dealkylation sites (N-methyl/N-ethyl adjacent to an activating group) is 1. The topological polar surface area (TPSA) is 88.7 Å². The Morgan fingerprint density at radius 2 is 2.00 bits per heavy atom. The predicted octanol–water partition coefficient (Wildman–Crippen LogP) is 2.90. The fourth-order valence-electron chi connectivity index (χ4n) is 1.94. The number of carbonyl (C=O) groups is 1. The standard InChI is InChI=1S/C15H25N3O3/c1-9(2)11-8-12(17-14(10(3)4)13(11)16)21-7-6-18(5)15(19)20/h8-10H,6-7,16H2,1-5H3,(H,19,20). The average Bonchev–Trinajstić information content (AvgIpc) is 2.39. The van der Waals surface area contributed by atoms with E-state index in [0.717, 1.165) is 16.9 Å². The number of nitrogen functional groups attached to an aromatic ring is 1. The molecule has 0 aromatic carbocycles. The summed E-state index contributed by atoms with van der Waals surface area (Å²) >= 11 is 0. The number of hydrogen-bond acceptors (Lipinski definition) is 4. The van der Waals surface area contributed by atoms with E-state index in [9.17, 15) is 4.79 Å². The van der Waals surface area contributed by atoms with E-state index in [0.29, 0.717) is 5.88 Å². The number of carboxylic acid groups (broad SMARTS) is 1. The molecule has 0 atom stereocenters. The summed E-state index contributed by atoms with van der Waals surface area (Å²) in [6, 6.07) is 1.84. The van der Waals surface area contributed by atoms with Crippen molar-refractivity contribution in [1.29, 1.82) is 0 Å². The molecule has 0 unspecified atom stereocenters. The summed E-state index contributed by atoms with van der Waals surface area (Å²) in [4.78, 5) is 16.3. The molecule has 0 aliphatic carbocycles. The van der Waals surface area contributed by atoms with Gasteiger partial charge in [0.05, 0.1) is 17.9 Å². The van der Waals surface area contributed by atoms with Gasteiger partial charge in [0.25, 0.3) is 0 Å². The zero-order chi connectivity index (χ0) is 16.2. The van der Waals surface area contributed by atoms with Crippen molar-refractivity contribution < 1.29 is 14.6 Å². The van der Waals surface area contributed by atoms with Gasteiger partial charge in [-0.15, -0.1) is 0 Å². The van der Waals surface area contributed by atoms with Gasteiger partial charge in [0.15, 0.2) is 0 Å². The zero-order valence-corrected chi connectivity index (χ0v) is 13.4. The van der Waals surface area contributed by atoms with Gasteiger partial charge in [-0.05, 0) is 17.4 Å². The number of nitrogens with two attached hydrogens (primary N) is 1. The first kappa shape index (κ1) is 17.1. The lowest BCUT2D eigenvalue weighted by Crippen LogP contribution is -2.29. The third-order valence-electron chi connectivity index (χ3n) is 3.27. The van der Waals surface area contributed by atoms with Crippen molar-refractivity contribution in [3.8, 4) is 5.88 Å². The Labute approximate surface area is 125 Å². The first-order valence-electron chi connectivity index (χ1n) is 7.11. The van der Waals surface area contributed by atoms with E-state index in [1.165, 1.54) is 11.9 Å². The molecule has 1 aromatic rings. The lowest BCUT2D eigenvalue weighted by Gasteiger charge is -2.18. The van der Waals surface area contributed by atoms with E-state index in [1.54, 1.807) is 0 Å². The van der Waals surface area contributed by atoms with Crippen LogP contribution in [0.2, 0.25) is 0 Å². The van der Waals surface area contributed by atoms with Crippen LogP contribution < -0.4 is 10.5 Å². The number of anilines is 1. The summed E-state index contributed by atoms with van der Waals surface area (Å²) in [7, 11) is 1.50. The third-order valence-corrected chi connectivity index (χ3v) is 3.27. The Balaban J connectivity index is 2.90. The number of aromatic nitrogens is 1. The molecule has 0 radical (unpaired) electrons. The van der Waals surface area contributed by atoms with Crippen LogP contribution >= 0.6 is 0 Å². The van der Waals surface area contributed by atoms with Crippen molar-refractivity contribution in [2.45, 2.75) is 39.5 Å². The SMILES string of the molecule is CC(C)c1cc(OCCN(C)C(=O)O)nc(C(C)C)c1N. The van der Waals surface area contributed by atoms with Crippen LogP contribution in [0.1, 0.15) is 50.8 Å². The molecule has 6 nitrogen and oxygen atoms in total. The highest BCUT2D eigenvalue weighted by Gasteiger charge is 2.16. The van der Waals surface area contributed by atoms with Gasteiger partial charge >= 0.3 is 6.09 Å². The first-order valence-corrected chi connectivity index (χ1v) is 7.11. The third kappa shape index (κ3) is 4.51. The maximum atomic E-state index is 10.7. The first-order chi connectivity index (χ1) is 9.73. The van der Waals surface area contributed by atoms with Crippen LogP contribution in [-0.2, 0) is 0 Å². The van der Waals surface area contributed by atoms with E-state index in [1.807, 2.05) is 19.9 Å². The fraction of sp³-hybridized carbons (Fsp3) is 0.600. The summed E-state index contributed by atoms with van der Waals surface area (Å²) < 4.78 is 5.59. The van der Waals surface area contributed by atoms with Crippen LogP contribution in [-0.4, -0.2) is 41.3 Å². The lowest BCUT2D eigenvalue weighted by atomic mass is 9.97. The summed E-state index contributed by atoms with van der Waals surface area (Å²) in [6.45, 7) is 8.75. The molecule has 0 saturated carbocycles. The summed E-state index contributed by atoms with van der Waals surface area (Å²) in [5, 5.41) is 8.79. The number of rotatable bonds is 6. The fourth-order valence-corrected chi connectivity index (χ4v) is 1.94. The maximum absolute atomic E-state index is 10.7. The Bertz CT molecular complexity index is 472. The molecule has 1 amide bonds. The number of amides is 1. The van der Waals surface area contributed by atoms with Crippen molar-refractivity contribution in [3.05, 3.63) is 17.3 Å². The van der Waals surface area contributed by atoms with Crippen LogP contribution in [0.15, 0.2) is 6.07 Å². The number of ether oxygens (including phenoxy) is 1. The predicted molar refractivity (Wildman–Crippen MR) is 83.0 cm³/mol. The van der Waals surface area contributed by atoms with Gasteiger partial charge < -0.3 is 20.5 Å². The molecule has 0 bridgehead atoms. The van der Waals surface area contributed by atoms with E-state index < -0.39 is 6.09 Å². The largest absolute Gasteiger partial charge is 0.476 e. The number of nitrogens with zero attached hydrogens (tertiary/aromatic N) is 2. The molecule has 0 fully saturated rings. The molecule has 1 aromatic heterocycles. The molecule has 0 spiro atoms. The molecule has 3 N–H and O–H groups in total. The highest BCUT2D eigenvalue weighted by atomic mass is 16.5. The molecule has 1 heterocycles. The van der Waals surface area contributed by atoms with Crippen LogP contribution in [0.25, 0.3) is 0 Å². The van der Waals surface area contributed by atoms with E-state index in [4.69, 9.17) is 15.6 Å². The minimum atomic E-state index is -0.977. The van der Waals surface area contributed by atoms with E-state index in [-0.39, 0.29) is 25.0 Å². The maximum Gasteiger partial charge on any atom is 0.407 e. The second-order valence-corrected chi connectivity index (χ2v) is 5.71. The van der Waals surface area contributed by atoms with Gasteiger partial charge in [0.2, 0.25) is 5.88 Å². The molecule has 1 rings (SSSR count). The molecular formula is C15H25N3O3. The smallest absolute Gasteiger partial charge is 0.407 e. The van der Waals surface area contributed by atoms with Gasteiger partial charge in [0.1, 0.15) is 6.61 Å². The van der Waals surface area contributed by atoms with E-state index >= 15 is 0 Å². The normalized spacial score (nSPS) is 11.0. The molecular weight excluding hydrogens is 270 g/mol. The van der Waals surface area contributed by atoms with Crippen molar-refractivity contribution >= 4 is 11.8 Å². The van der Waals surface area contributed by atoms with Gasteiger partial charge in [-0.3, -0.25) is 0 Å². The van der Waals surface area contributed by atoms with E-state index in [2.05, 4.69) is 18.8 Å². The van der Waals surface area contributed by atoms with Gasteiger partial charge in [0, 0.05) is 13.1 Å². The second-order valence-electron chi connectivity index (χ2n) is 5.71. The molecule has 0 saturated heterocycles. The zero-order valence-electron chi connectivity index (χ0n) is 13.4.